The topological polar surface area (TPSA) is 211 Å². The van der Waals surface area contributed by atoms with Crippen molar-refractivity contribution in [3.05, 3.63) is 47.0 Å². The van der Waals surface area contributed by atoms with Gasteiger partial charge < -0.3 is 22.3 Å². The van der Waals surface area contributed by atoms with Crippen molar-refractivity contribution in [1.82, 2.24) is 4.31 Å². The second kappa shape index (κ2) is 11.9. The van der Waals surface area contributed by atoms with Crippen molar-refractivity contribution >= 4 is 44.9 Å². The van der Waals surface area contributed by atoms with Crippen molar-refractivity contribution in [1.29, 1.82) is 10.5 Å². The van der Waals surface area contributed by atoms with Crippen LogP contribution in [0, 0.1) is 22.9 Å². The summed E-state index contributed by atoms with van der Waals surface area (Å²) in [6.07, 6.45) is -1.77. The molecule has 0 aliphatic rings. The van der Waals surface area contributed by atoms with Gasteiger partial charge in [0.1, 0.15) is 10.6 Å². The lowest BCUT2D eigenvalue weighted by molar-refractivity contribution is -0.137. The molecule has 0 saturated heterocycles. The maximum atomic E-state index is 13.2. The molecule has 2 aromatic rings. The summed E-state index contributed by atoms with van der Waals surface area (Å²) in [7, 11) is -1.83. The van der Waals surface area contributed by atoms with Gasteiger partial charge >= 0.3 is 6.18 Å². The number of nitrogens with zero attached hydrogens (tertiary/aromatic N) is 6. The van der Waals surface area contributed by atoms with Crippen LogP contribution in [-0.2, 0) is 16.2 Å². The van der Waals surface area contributed by atoms with Gasteiger partial charge in [-0.15, -0.1) is 4.99 Å². The number of phenolic OH excluding ortho intramolecular Hbond substituents is 1. The van der Waals surface area contributed by atoms with Gasteiger partial charge in [0.05, 0.1) is 16.3 Å². The van der Waals surface area contributed by atoms with Gasteiger partial charge in [0.2, 0.25) is 28.1 Å². The highest BCUT2D eigenvalue weighted by Crippen LogP contribution is 2.40. The summed E-state index contributed by atoms with van der Waals surface area (Å²) in [4.78, 5) is 6.32. The minimum Gasteiger partial charge on any atom is -0.504 e. The fourth-order valence-corrected chi connectivity index (χ4v) is 3.89. The molecule has 0 saturated carbocycles. The number of hydrogen-bond donors (Lipinski definition) is 4. The third-order valence-electron chi connectivity index (χ3n) is 3.99. The van der Waals surface area contributed by atoms with Gasteiger partial charge in [0, 0.05) is 14.1 Å². The Kier molecular flexibility index (Phi) is 9.87. The first-order valence-corrected chi connectivity index (χ1v) is 11.0. The zero-order valence-corrected chi connectivity index (χ0v) is 20.1. The van der Waals surface area contributed by atoms with E-state index in [1.807, 2.05) is 0 Å². The van der Waals surface area contributed by atoms with Crippen LogP contribution in [-0.4, -0.2) is 43.8 Å². The molecule has 0 bridgehead atoms. The van der Waals surface area contributed by atoms with Crippen molar-refractivity contribution in [3.8, 4) is 18.1 Å². The molecule has 0 spiro atoms. The third-order valence-corrected chi connectivity index (χ3v) is 6.31. The van der Waals surface area contributed by atoms with E-state index in [0.717, 1.165) is 34.6 Å². The molecule has 17 heteroatoms. The monoisotopic (exact) mass is 545 g/mol. The van der Waals surface area contributed by atoms with E-state index in [2.05, 4.69) is 9.98 Å². The first-order valence-electron chi connectivity index (χ1n) is 9.21. The zero-order valence-electron chi connectivity index (χ0n) is 18.6. The van der Waals surface area contributed by atoms with E-state index >= 15 is 0 Å². The molecule has 0 aromatic heterocycles. The van der Waals surface area contributed by atoms with E-state index in [1.165, 1.54) is 26.4 Å². The maximum absolute atomic E-state index is 13.2. The molecule has 0 aliphatic carbocycles. The molecule has 0 radical (unpaired) electrons. The van der Waals surface area contributed by atoms with Crippen LogP contribution in [0.1, 0.15) is 5.56 Å². The van der Waals surface area contributed by atoms with Crippen LogP contribution >= 0.6 is 11.6 Å². The number of nitriles is 2. The van der Waals surface area contributed by atoms with Gasteiger partial charge in [0.25, 0.3) is 0 Å². The van der Waals surface area contributed by atoms with Crippen molar-refractivity contribution in [3.63, 3.8) is 0 Å². The maximum Gasteiger partial charge on any atom is 0.418 e. The molecule has 2 aromatic carbocycles. The number of aromatic hydroxyl groups is 1. The third kappa shape index (κ3) is 7.12. The Labute approximate surface area is 209 Å². The van der Waals surface area contributed by atoms with E-state index in [9.17, 15) is 32.0 Å². The van der Waals surface area contributed by atoms with Crippen LogP contribution in [0.25, 0.3) is 0 Å². The normalized spacial score (nSPS) is 11.5. The molecule has 0 aliphatic heterocycles. The number of para-hydroxylation sites is 1. The largest absolute Gasteiger partial charge is 0.504 e. The Morgan fingerprint density at radius 2 is 1.69 bits per heavy atom. The number of anilines is 1. The lowest BCUT2D eigenvalue weighted by Crippen LogP contribution is -2.33. The number of sulfonamides is 1. The van der Waals surface area contributed by atoms with E-state index in [0.29, 0.717) is 4.90 Å². The van der Waals surface area contributed by atoms with E-state index < -0.39 is 49.7 Å². The Hall–Kier alpha value is -4.25. The lowest BCUT2D eigenvalue weighted by Gasteiger charge is -2.20. The van der Waals surface area contributed by atoms with E-state index in [4.69, 9.17) is 34.1 Å². The number of rotatable bonds is 4. The highest BCUT2D eigenvalue weighted by molar-refractivity contribution is 7.89. The summed E-state index contributed by atoms with van der Waals surface area (Å²) >= 11 is 5.90. The molecular formula is C19H19ClF3N9O3S. The average molecular weight is 546 g/mol. The van der Waals surface area contributed by atoms with Gasteiger partial charge in [-0.25, -0.2) is 22.6 Å². The number of guanidine groups is 2. The number of halogens is 4. The molecule has 0 unspecified atom stereocenters. The van der Waals surface area contributed by atoms with Crippen LogP contribution in [0.5, 0.6) is 5.75 Å². The molecule has 36 heavy (non-hydrogen) atoms. The summed E-state index contributed by atoms with van der Waals surface area (Å²) < 4.78 is 65.2. The van der Waals surface area contributed by atoms with Crippen LogP contribution in [0.2, 0.25) is 5.02 Å². The van der Waals surface area contributed by atoms with E-state index in [1.54, 1.807) is 6.19 Å². The standard InChI is InChI=1S/C17H15ClF3N5O3S.C2H4N4/c1-25(2)30(28,29)15-11(18)7-8-13(14(15)27)26(9-22)16(23)24-12-6-4-3-5-10(12)17(19,20)21;3-1-6-2(4)5/h3-8,27H,1-2H3,(H2,23,24);(H4,4,5,6). The molecule has 0 fully saturated rings. The molecular weight excluding hydrogens is 527 g/mol. The molecule has 12 nitrogen and oxygen atoms in total. The van der Waals surface area contributed by atoms with Gasteiger partial charge in [-0.1, -0.05) is 23.7 Å². The average Bonchev–Trinajstić information content (AvgIpc) is 2.75. The Bertz CT molecular complexity index is 1360. The fraction of sp³-hybridized carbons (Fsp3) is 0.158. The zero-order chi connectivity index (χ0) is 27.8. The number of alkyl halides is 3. The fourth-order valence-electron chi connectivity index (χ4n) is 2.42. The Morgan fingerprint density at radius 3 is 2.14 bits per heavy atom. The summed E-state index contributed by atoms with van der Waals surface area (Å²) in [5, 5.41) is 27.2. The number of hydrogen-bond acceptors (Lipinski definition) is 7. The highest BCUT2D eigenvalue weighted by atomic mass is 35.5. The van der Waals surface area contributed by atoms with Gasteiger partial charge in [-0.05, 0) is 24.3 Å². The molecule has 0 amide bonds. The number of aliphatic imine (C=N–C) groups is 2. The van der Waals surface area contributed by atoms with Crippen LogP contribution < -0.4 is 22.1 Å². The van der Waals surface area contributed by atoms with Gasteiger partial charge in [-0.3, -0.25) is 0 Å². The number of benzene rings is 2. The SMILES string of the molecule is CN(C)S(=O)(=O)c1c(Cl)ccc(N(C#N)C(N)=Nc2ccccc2C(F)(F)F)c1O.N#CN=C(N)N. The molecule has 7 N–H and O–H groups in total. The minimum atomic E-state index is -4.73. The predicted octanol–water partition coefficient (Wildman–Crippen LogP) is 1.99. The Morgan fingerprint density at radius 1 is 1.11 bits per heavy atom. The Balaban J connectivity index is 0.000000960. The quantitative estimate of drug-likeness (QED) is 0.191. The van der Waals surface area contributed by atoms with Crippen LogP contribution in [0.4, 0.5) is 24.5 Å². The molecule has 192 valence electrons. The van der Waals surface area contributed by atoms with Crippen molar-refractivity contribution < 1.29 is 26.7 Å². The minimum absolute atomic E-state index is 0.197. The van der Waals surface area contributed by atoms with Crippen LogP contribution in [0.3, 0.4) is 0 Å². The van der Waals surface area contributed by atoms with Gasteiger partial charge in [-0.2, -0.15) is 23.7 Å². The lowest BCUT2D eigenvalue weighted by atomic mass is 10.2. The van der Waals surface area contributed by atoms with Crippen molar-refractivity contribution in [2.45, 2.75) is 11.1 Å². The molecule has 0 atom stereocenters. The first-order chi connectivity index (χ1) is 16.6. The molecule has 0 heterocycles. The number of nitrogens with two attached hydrogens (primary N) is 3. The number of phenols is 1. The second-order valence-electron chi connectivity index (χ2n) is 6.59. The second-order valence-corrected chi connectivity index (χ2v) is 9.08. The summed E-state index contributed by atoms with van der Waals surface area (Å²) in [5.74, 6) is -1.85. The first kappa shape index (κ1) is 29.8. The van der Waals surface area contributed by atoms with Crippen molar-refractivity contribution in [2.24, 2.45) is 27.2 Å². The van der Waals surface area contributed by atoms with Gasteiger partial charge in [0.15, 0.2) is 11.9 Å². The summed E-state index contributed by atoms with van der Waals surface area (Å²) in [6, 6.07) is 6.43. The van der Waals surface area contributed by atoms with E-state index in [-0.39, 0.29) is 11.0 Å². The smallest absolute Gasteiger partial charge is 0.418 e. The summed E-state index contributed by atoms with van der Waals surface area (Å²) in [5.41, 5.74) is 13.0. The van der Waals surface area contributed by atoms with Crippen LogP contribution in [0.15, 0.2) is 51.3 Å². The van der Waals surface area contributed by atoms with Crippen molar-refractivity contribution in [2.75, 3.05) is 19.0 Å². The molecule has 2 rings (SSSR count). The summed E-state index contributed by atoms with van der Waals surface area (Å²) in [6.45, 7) is 0. The highest BCUT2D eigenvalue weighted by Gasteiger charge is 2.34. The predicted molar refractivity (Wildman–Crippen MR) is 126 cm³/mol.